The summed E-state index contributed by atoms with van der Waals surface area (Å²) < 4.78 is 0.230. The second kappa shape index (κ2) is 11.4. The van der Waals surface area contributed by atoms with Gasteiger partial charge in [0.2, 0.25) is 5.91 Å². The van der Waals surface area contributed by atoms with Gasteiger partial charge in [-0.1, -0.05) is 44.9 Å². The van der Waals surface area contributed by atoms with Crippen molar-refractivity contribution >= 4 is 47.6 Å². The number of guanidine groups is 1. The number of benzene rings is 1. The molecular formula is C22H35IN4OS. The summed E-state index contributed by atoms with van der Waals surface area (Å²) in [6.45, 7) is 6.44. The molecule has 1 aromatic rings. The molecule has 29 heavy (non-hydrogen) atoms. The van der Waals surface area contributed by atoms with Crippen LogP contribution in [0.2, 0.25) is 0 Å². The predicted molar refractivity (Wildman–Crippen MR) is 133 cm³/mol. The molecule has 0 aromatic heterocycles. The van der Waals surface area contributed by atoms with E-state index in [0.717, 1.165) is 32.0 Å². The Bertz CT molecular complexity index is 677. The van der Waals surface area contributed by atoms with E-state index in [0.29, 0.717) is 0 Å². The highest BCUT2D eigenvalue weighted by atomic mass is 127. The molecule has 2 aliphatic rings. The minimum Gasteiger partial charge on any atom is -0.355 e. The van der Waals surface area contributed by atoms with E-state index in [2.05, 4.69) is 46.0 Å². The lowest BCUT2D eigenvalue weighted by Gasteiger charge is -2.30. The minimum atomic E-state index is 0. The Hall–Kier alpha value is -0.960. The molecule has 1 saturated carbocycles. The second-order valence-corrected chi connectivity index (χ2v) is 9.84. The third-order valence-electron chi connectivity index (χ3n) is 5.73. The van der Waals surface area contributed by atoms with Gasteiger partial charge in [-0.2, -0.15) is 0 Å². The van der Waals surface area contributed by atoms with Crippen molar-refractivity contribution < 1.29 is 4.79 Å². The first kappa shape index (κ1) is 24.3. The van der Waals surface area contributed by atoms with E-state index in [-0.39, 0.29) is 46.6 Å². The van der Waals surface area contributed by atoms with Crippen LogP contribution in [0.3, 0.4) is 0 Å². The lowest BCUT2D eigenvalue weighted by atomic mass is 10.1. The van der Waals surface area contributed by atoms with Crippen LogP contribution in [0.25, 0.3) is 0 Å². The van der Waals surface area contributed by atoms with Crippen molar-refractivity contribution in [1.82, 2.24) is 15.5 Å². The van der Waals surface area contributed by atoms with Gasteiger partial charge >= 0.3 is 0 Å². The number of nitrogens with one attached hydrogen (secondary N) is 2. The summed E-state index contributed by atoms with van der Waals surface area (Å²) in [7, 11) is 1.83. The van der Waals surface area contributed by atoms with E-state index in [9.17, 15) is 4.79 Å². The van der Waals surface area contributed by atoms with Gasteiger partial charge in [-0.3, -0.25) is 9.79 Å². The molecule has 162 valence electrons. The van der Waals surface area contributed by atoms with Gasteiger partial charge in [0, 0.05) is 48.3 Å². The van der Waals surface area contributed by atoms with Gasteiger partial charge in [0.15, 0.2) is 5.96 Å². The fourth-order valence-corrected chi connectivity index (χ4v) is 5.58. The van der Waals surface area contributed by atoms with Crippen molar-refractivity contribution in [2.45, 2.75) is 61.6 Å². The molecule has 0 bridgehead atoms. The fraction of sp³-hybridized carbons (Fsp3) is 0.636. The Morgan fingerprint density at radius 3 is 2.59 bits per heavy atom. The summed E-state index contributed by atoms with van der Waals surface area (Å²) in [5.41, 5.74) is 0. The molecule has 0 spiro atoms. The molecule has 2 fully saturated rings. The highest BCUT2D eigenvalue weighted by Crippen LogP contribution is 2.44. The van der Waals surface area contributed by atoms with Crippen LogP contribution in [-0.2, 0) is 4.79 Å². The molecule has 1 heterocycles. The molecule has 1 aromatic carbocycles. The molecule has 1 unspecified atom stereocenters. The summed E-state index contributed by atoms with van der Waals surface area (Å²) in [4.78, 5) is 20.0. The Balaban J connectivity index is 0.00000300. The monoisotopic (exact) mass is 530 g/mol. The largest absolute Gasteiger partial charge is 0.355 e. The zero-order valence-electron chi connectivity index (χ0n) is 17.8. The van der Waals surface area contributed by atoms with E-state index < -0.39 is 0 Å². The van der Waals surface area contributed by atoms with Crippen LogP contribution in [0.4, 0.5) is 0 Å². The first-order chi connectivity index (χ1) is 13.5. The number of halogens is 1. The number of hydrogen-bond donors (Lipinski definition) is 2. The third-order valence-corrected chi connectivity index (χ3v) is 7.22. The highest BCUT2D eigenvalue weighted by molar-refractivity contribution is 14.0. The van der Waals surface area contributed by atoms with Crippen LogP contribution in [0.5, 0.6) is 0 Å². The maximum Gasteiger partial charge on any atom is 0.225 e. The quantitative estimate of drug-likeness (QED) is 0.330. The molecule has 1 aliphatic carbocycles. The number of likely N-dealkylation sites (tertiary alicyclic amines) is 1. The molecule has 1 amide bonds. The highest BCUT2D eigenvalue weighted by Gasteiger charge is 2.35. The van der Waals surface area contributed by atoms with Crippen LogP contribution in [-0.4, -0.2) is 54.2 Å². The molecule has 2 N–H and O–H groups in total. The average molecular weight is 531 g/mol. The van der Waals surface area contributed by atoms with Crippen LogP contribution >= 0.6 is 35.7 Å². The second-order valence-electron chi connectivity index (χ2n) is 8.30. The Kier molecular flexibility index (Phi) is 9.59. The summed E-state index contributed by atoms with van der Waals surface area (Å²) in [5.74, 6) is 1.16. The number of aliphatic imine (C=N–C) groups is 1. The van der Waals surface area contributed by atoms with Crippen molar-refractivity contribution in [2.24, 2.45) is 10.9 Å². The van der Waals surface area contributed by atoms with Gasteiger partial charge in [0.1, 0.15) is 0 Å². The van der Waals surface area contributed by atoms with Crippen molar-refractivity contribution in [2.75, 3.05) is 26.7 Å². The number of rotatable bonds is 6. The van der Waals surface area contributed by atoms with E-state index in [1.165, 1.54) is 30.6 Å². The summed E-state index contributed by atoms with van der Waals surface area (Å²) in [6, 6.07) is 11.0. The van der Waals surface area contributed by atoms with E-state index in [1.807, 2.05) is 37.6 Å². The van der Waals surface area contributed by atoms with Gasteiger partial charge in [0.05, 0.1) is 0 Å². The average Bonchev–Trinajstić information content (AvgIpc) is 3.35. The number of carbonyl (C=O) groups excluding carboxylic acids is 1. The lowest BCUT2D eigenvalue weighted by molar-refractivity contribution is -0.133. The SMILES string of the molecule is CN=C(NCC1(Sc2ccccc2)CCCC1)NC1CCN(C(=O)C(C)C)C1.I. The zero-order valence-corrected chi connectivity index (χ0v) is 21.0. The molecule has 3 rings (SSSR count). The van der Waals surface area contributed by atoms with Crippen molar-refractivity contribution in [1.29, 1.82) is 0 Å². The Morgan fingerprint density at radius 1 is 1.28 bits per heavy atom. The van der Waals surface area contributed by atoms with Crippen LogP contribution in [0.1, 0.15) is 46.0 Å². The Labute approximate surface area is 196 Å². The zero-order chi connectivity index (χ0) is 20.0. The number of carbonyl (C=O) groups is 1. The molecule has 1 atom stereocenters. The van der Waals surface area contributed by atoms with E-state index in [1.54, 1.807) is 0 Å². The number of amides is 1. The smallest absolute Gasteiger partial charge is 0.225 e. The maximum absolute atomic E-state index is 12.2. The lowest BCUT2D eigenvalue weighted by Crippen LogP contribution is -2.48. The fourth-order valence-electron chi connectivity index (χ4n) is 4.15. The number of hydrogen-bond acceptors (Lipinski definition) is 3. The first-order valence-corrected chi connectivity index (χ1v) is 11.3. The standard InChI is InChI=1S/C22H34N4OS.HI/c1-17(2)20(27)26-14-11-18(15-26)25-21(23-3)24-16-22(12-7-8-13-22)28-19-9-5-4-6-10-19;/h4-6,9-10,17-18H,7-8,11-16H2,1-3H3,(H2,23,24,25);1H. The van der Waals surface area contributed by atoms with E-state index in [4.69, 9.17) is 0 Å². The van der Waals surface area contributed by atoms with Crippen molar-refractivity contribution in [3.63, 3.8) is 0 Å². The maximum atomic E-state index is 12.2. The minimum absolute atomic E-state index is 0. The molecular weight excluding hydrogens is 495 g/mol. The summed E-state index contributed by atoms with van der Waals surface area (Å²) in [5, 5.41) is 7.11. The molecule has 0 radical (unpaired) electrons. The first-order valence-electron chi connectivity index (χ1n) is 10.5. The molecule has 5 nitrogen and oxygen atoms in total. The number of thioether (sulfide) groups is 1. The summed E-state index contributed by atoms with van der Waals surface area (Å²) >= 11 is 2.00. The normalized spacial score (nSPS) is 21.2. The summed E-state index contributed by atoms with van der Waals surface area (Å²) in [6.07, 6.45) is 6.03. The van der Waals surface area contributed by atoms with Crippen LogP contribution in [0, 0.1) is 5.92 Å². The Morgan fingerprint density at radius 2 is 1.97 bits per heavy atom. The molecule has 1 saturated heterocycles. The molecule has 1 aliphatic heterocycles. The van der Waals surface area contributed by atoms with Crippen LogP contribution in [0.15, 0.2) is 40.2 Å². The van der Waals surface area contributed by atoms with Gasteiger partial charge in [-0.05, 0) is 31.4 Å². The van der Waals surface area contributed by atoms with Crippen LogP contribution < -0.4 is 10.6 Å². The van der Waals surface area contributed by atoms with Gasteiger partial charge in [-0.15, -0.1) is 35.7 Å². The third kappa shape index (κ3) is 6.77. The van der Waals surface area contributed by atoms with Gasteiger partial charge < -0.3 is 15.5 Å². The number of nitrogens with zero attached hydrogens (tertiary/aromatic N) is 2. The van der Waals surface area contributed by atoms with Gasteiger partial charge in [-0.25, -0.2) is 0 Å². The van der Waals surface area contributed by atoms with Crippen molar-refractivity contribution in [3.8, 4) is 0 Å². The topological polar surface area (TPSA) is 56.7 Å². The van der Waals surface area contributed by atoms with E-state index >= 15 is 0 Å². The van der Waals surface area contributed by atoms with Gasteiger partial charge in [0.25, 0.3) is 0 Å². The molecule has 7 heteroatoms. The van der Waals surface area contributed by atoms with Crippen molar-refractivity contribution in [3.05, 3.63) is 30.3 Å². The predicted octanol–water partition coefficient (Wildman–Crippen LogP) is 4.13.